The van der Waals surface area contributed by atoms with E-state index in [0.29, 0.717) is 5.92 Å². The van der Waals surface area contributed by atoms with Crippen LogP contribution in [-0.4, -0.2) is 12.0 Å². The first-order valence-corrected chi connectivity index (χ1v) is 8.44. The maximum Gasteiger partial charge on any atom is 0.270 e. The number of nitro benzene ring substituents is 1. The lowest BCUT2D eigenvalue weighted by Gasteiger charge is -2.38. The number of methoxy groups -OCH3 is 1. The topological polar surface area (TPSA) is 64.4 Å². The third kappa shape index (κ3) is 2.56. The lowest BCUT2D eigenvalue weighted by Crippen LogP contribution is -2.29. The molecule has 2 aliphatic rings. The molecule has 0 aromatic heterocycles. The summed E-state index contributed by atoms with van der Waals surface area (Å²) in [6.07, 6.45) is 5.34. The number of benzene rings is 2. The van der Waals surface area contributed by atoms with Crippen LogP contribution in [0, 0.1) is 23.0 Å². The highest BCUT2D eigenvalue weighted by Gasteiger charge is 2.39. The Morgan fingerprint density at radius 3 is 2.88 bits per heavy atom. The van der Waals surface area contributed by atoms with Crippen molar-refractivity contribution in [3.8, 4) is 5.75 Å². The lowest BCUT2D eigenvalue weighted by molar-refractivity contribution is -0.385. The van der Waals surface area contributed by atoms with Crippen molar-refractivity contribution >= 4 is 11.4 Å². The van der Waals surface area contributed by atoms with E-state index in [-0.39, 0.29) is 22.6 Å². The molecule has 0 bridgehead atoms. The molecule has 0 fully saturated rings. The van der Waals surface area contributed by atoms with Gasteiger partial charge in [-0.3, -0.25) is 10.1 Å². The summed E-state index contributed by atoms with van der Waals surface area (Å²) in [5.41, 5.74) is 4.31. The number of fused-ring (bicyclic) bond motifs is 3. The first-order valence-electron chi connectivity index (χ1n) is 8.44. The molecule has 0 saturated carbocycles. The van der Waals surface area contributed by atoms with Crippen LogP contribution < -0.4 is 10.1 Å². The molecular formula is C20H20N2O3. The van der Waals surface area contributed by atoms with Crippen molar-refractivity contribution in [2.75, 3.05) is 12.4 Å². The Morgan fingerprint density at radius 1 is 1.28 bits per heavy atom. The van der Waals surface area contributed by atoms with Gasteiger partial charge in [-0.15, -0.1) is 0 Å². The normalized spacial score (nSPS) is 23.5. The van der Waals surface area contributed by atoms with E-state index in [1.165, 1.54) is 5.56 Å². The van der Waals surface area contributed by atoms with Crippen LogP contribution in [0.5, 0.6) is 5.75 Å². The zero-order valence-corrected chi connectivity index (χ0v) is 14.2. The highest BCUT2D eigenvalue weighted by atomic mass is 16.6. The molecule has 1 aliphatic carbocycles. The van der Waals surface area contributed by atoms with E-state index in [9.17, 15) is 10.1 Å². The number of anilines is 1. The first kappa shape index (κ1) is 15.7. The van der Waals surface area contributed by atoms with Gasteiger partial charge in [0.2, 0.25) is 0 Å². The fourth-order valence-corrected chi connectivity index (χ4v) is 4.14. The minimum Gasteiger partial charge on any atom is -0.497 e. The smallest absolute Gasteiger partial charge is 0.270 e. The average molecular weight is 336 g/mol. The molecule has 25 heavy (non-hydrogen) atoms. The van der Waals surface area contributed by atoms with Gasteiger partial charge in [0.15, 0.2) is 0 Å². The monoisotopic (exact) mass is 336 g/mol. The standard InChI is InChI=1S/C20H20N2O3/c1-12-9-14(22(23)24)11-18-16-7-4-8-17(16)20(21-19(12)18)13-5-3-6-15(10-13)25-2/h3-7,9-11,16-17,20-21H,8H2,1-2H3/t16-,17-,20-/m0/s1. The molecule has 3 atom stereocenters. The van der Waals surface area contributed by atoms with Crippen molar-refractivity contribution in [2.45, 2.75) is 25.3 Å². The number of aryl methyl sites for hydroxylation is 1. The highest BCUT2D eigenvalue weighted by Crippen LogP contribution is 2.51. The van der Waals surface area contributed by atoms with E-state index in [0.717, 1.165) is 29.0 Å². The van der Waals surface area contributed by atoms with Gasteiger partial charge in [0.25, 0.3) is 5.69 Å². The van der Waals surface area contributed by atoms with Gasteiger partial charge in [0.05, 0.1) is 18.1 Å². The zero-order chi connectivity index (χ0) is 17.6. The summed E-state index contributed by atoms with van der Waals surface area (Å²) < 4.78 is 5.37. The van der Waals surface area contributed by atoms with Gasteiger partial charge < -0.3 is 10.1 Å². The maximum absolute atomic E-state index is 11.2. The number of nitrogens with zero attached hydrogens (tertiary/aromatic N) is 1. The van der Waals surface area contributed by atoms with Crippen molar-refractivity contribution in [1.29, 1.82) is 0 Å². The van der Waals surface area contributed by atoms with Gasteiger partial charge in [-0.1, -0.05) is 24.3 Å². The van der Waals surface area contributed by atoms with Gasteiger partial charge in [-0.25, -0.2) is 0 Å². The summed E-state index contributed by atoms with van der Waals surface area (Å²) >= 11 is 0. The van der Waals surface area contributed by atoms with Gasteiger partial charge in [0, 0.05) is 23.7 Å². The number of non-ortho nitro benzene ring substituents is 1. The molecule has 4 rings (SSSR count). The number of ether oxygens (including phenoxy) is 1. The van der Waals surface area contributed by atoms with Gasteiger partial charge in [-0.2, -0.15) is 0 Å². The van der Waals surface area contributed by atoms with Crippen molar-refractivity contribution in [1.82, 2.24) is 0 Å². The molecule has 2 aromatic carbocycles. The molecule has 5 nitrogen and oxygen atoms in total. The molecule has 1 heterocycles. The molecule has 0 unspecified atom stereocenters. The Balaban J connectivity index is 1.81. The zero-order valence-electron chi connectivity index (χ0n) is 14.2. The van der Waals surface area contributed by atoms with Crippen molar-refractivity contribution in [2.24, 2.45) is 5.92 Å². The number of hydrogen-bond donors (Lipinski definition) is 1. The van der Waals surface area contributed by atoms with E-state index in [1.807, 2.05) is 19.1 Å². The van der Waals surface area contributed by atoms with E-state index in [4.69, 9.17) is 4.74 Å². The van der Waals surface area contributed by atoms with Gasteiger partial charge in [0.1, 0.15) is 5.75 Å². The van der Waals surface area contributed by atoms with E-state index < -0.39 is 0 Å². The fourth-order valence-electron chi connectivity index (χ4n) is 4.14. The average Bonchev–Trinajstić information content (AvgIpc) is 3.11. The molecule has 128 valence electrons. The summed E-state index contributed by atoms with van der Waals surface area (Å²) in [6.45, 7) is 1.93. The van der Waals surface area contributed by atoms with Crippen LogP contribution in [0.25, 0.3) is 0 Å². The van der Waals surface area contributed by atoms with Crippen molar-refractivity contribution in [3.05, 3.63) is 75.4 Å². The van der Waals surface area contributed by atoms with E-state index >= 15 is 0 Å². The van der Waals surface area contributed by atoms with Crippen LogP contribution in [0.4, 0.5) is 11.4 Å². The van der Waals surface area contributed by atoms with Crippen LogP contribution in [0.3, 0.4) is 0 Å². The highest BCUT2D eigenvalue weighted by molar-refractivity contribution is 5.67. The van der Waals surface area contributed by atoms with Crippen LogP contribution in [0.15, 0.2) is 48.6 Å². The molecule has 0 radical (unpaired) electrons. The summed E-state index contributed by atoms with van der Waals surface area (Å²) in [7, 11) is 1.67. The second kappa shape index (κ2) is 5.92. The summed E-state index contributed by atoms with van der Waals surface area (Å²) in [5, 5.41) is 14.9. The molecule has 2 aromatic rings. The first-order chi connectivity index (χ1) is 12.1. The molecule has 0 amide bonds. The second-order valence-corrected chi connectivity index (χ2v) is 6.74. The Hall–Kier alpha value is -2.82. The van der Waals surface area contributed by atoms with Crippen LogP contribution in [0.2, 0.25) is 0 Å². The number of hydrogen-bond acceptors (Lipinski definition) is 4. The Morgan fingerprint density at radius 2 is 2.12 bits per heavy atom. The third-order valence-corrected chi connectivity index (χ3v) is 5.31. The number of nitrogens with one attached hydrogen (secondary N) is 1. The SMILES string of the molecule is COc1cccc([C@@H]2Nc3c(C)cc([N+](=O)[O-])cc3[C@H]3C=CC[C@@H]32)c1. The summed E-state index contributed by atoms with van der Waals surface area (Å²) in [4.78, 5) is 10.9. The second-order valence-electron chi connectivity index (χ2n) is 6.74. The minimum absolute atomic E-state index is 0.155. The van der Waals surface area contributed by atoms with Crippen LogP contribution in [-0.2, 0) is 0 Å². The van der Waals surface area contributed by atoms with Gasteiger partial charge >= 0.3 is 0 Å². The number of nitro groups is 1. The molecular weight excluding hydrogens is 316 g/mol. The predicted octanol–water partition coefficient (Wildman–Crippen LogP) is 4.74. The van der Waals surface area contributed by atoms with E-state index in [2.05, 4.69) is 29.6 Å². The number of allylic oxidation sites excluding steroid dienone is 2. The minimum atomic E-state index is -0.310. The molecule has 1 N–H and O–H groups in total. The summed E-state index contributed by atoms with van der Waals surface area (Å²) in [6, 6.07) is 11.7. The number of rotatable bonds is 3. The molecule has 0 spiro atoms. The van der Waals surface area contributed by atoms with Crippen LogP contribution in [0.1, 0.15) is 35.1 Å². The Kier molecular flexibility index (Phi) is 3.71. The molecule has 0 saturated heterocycles. The fraction of sp³-hybridized carbons (Fsp3) is 0.300. The lowest BCUT2D eigenvalue weighted by atomic mass is 9.76. The largest absolute Gasteiger partial charge is 0.497 e. The van der Waals surface area contributed by atoms with E-state index in [1.54, 1.807) is 19.2 Å². The third-order valence-electron chi connectivity index (χ3n) is 5.31. The quantitative estimate of drug-likeness (QED) is 0.499. The Bertz CT molecular complexity index is 875. The molecule has 1 aliphatic heterocycles. The Labute approximate surface area is 146 Å². The predicted molar refractivity (Wildman–Crippen MR) is 97.2 cm³/mol. The van der Waals surface area contributed by atoms with Crippen molar-refractivity contribution in [3.63, 3.8) is 0 Å². The maximum atomic E-state index is 11.2. The molecule has 5 heteroatoms. The van der Waals surface area contributed by atoms with Gasteiger partial charge in [-0.05, 0) is 48.1 Å². The van der Waals surface area contributed by atoms with Crippen molar-refractivity contribution < 1.29 is 9.66 Å². The van der Waals surface area contributed by atoms with Crippen LogP contribution >= 0.6 is 0 Å². The summed E-state index contributed by atoms with van der Waals surface area (Å²) in [5.74, 6) is 1.39.